The van der Waals surface area contributed by atoms with Crippen molar-refractivity contribution in [3.63, 3.8) is 0 Å². The van der Waals surface area contributed by atoms with Crippen LogP contribution >= 0.6 is 35.7 Å². The molecule has 8 heteroatoms. The number of fused-ring (bicyclic) bond motifs is 1. The van der Waals surface area contributed by atoms with E-state index < -0.39 is 0 Å². The zero-order valence-corrected chi connectivity index (χ0v) is 17.8. The molecule has 1 atom stereocenters. The average Bonchev–Trinajstić information content (AvgIpc) is 3.17. The first-order valence-corrected chi connectivity index (χ1v) is 9.76. The van der Waals surface area contributed by atoms with Crippen molar-refractivity contribution in [3.05, 3.63) is 11.6 Å². The Morgan fingerprint density at radius 1 is 1.29 bits per heavy atom. The fraction of sp³-hybridized carbons (Fsp3) is 0.812. The maximum absolute atomic E-state index is 4.72. The molecule has 136 valence electrons. The Balaban J connectivity index is 0.00000208. The predicted molar refractivity (Wildman–Crippen MR) is 111 cm³/mol. The number of aliphatic imine (C=N–C) groups is 1. The lowest BCUT2D eigenvalue weighted by Crippen LogP contribution is -2.43. The van der Waals surface area contributed by atoms with Gasteiger partial charge in [-0.15, -0.1) is 34.2 Å². The number of thioether (sulfide) groups is 1. The van der Waals surface area contributed by atoms with Gasteiger partial charge in [0.1, 0.15) is 12.4 Å². The Labute approximate surface area is 166 Å². The number of nitrogens with zero attached hydrogens (tertiary/aromatic N) is 4. The summed E-state index contributed by atoms with van der Waals surface area (Å²) in [5.41, 5.74) is 0. The number of rotatable bonds is 5. The van der Waals surface area contributed by atoms with E-state index in [-0.39, 0.29) is 24.0 Å². The first-order valence-electron chi connectivity index (χ1n) is 8.77. The van der Waals surface area contributed by atoms with E-state index in [1.807, 2.05) is 0 Å². The number of hydrogen-bond donors (Lipinski definition) is 2. The average molecular weight is 464 g/mol. The highest BCUT2D eigenvalue weighted by atomic mass is 127. The SMILES string of the molecule is CCNC(=NCc1nnc2n1CCCC2)NCC1(C)CCCS1.I. The smallest absolute Gasteiger partial charge is 0.191 e. The molecule has 0 bridgehead atoms. The van der Waals surface area contributed by atoms with E-state index in [4.69, 9.17) is 4.99 Å². The normalized spacial score (nSPS) is 23.5. The van der Waals surface area contributed by atoms with E-state index in [0.29, 0.717) is 11.3 Å². The topological polar surface area (TPSA) is 67.1 Å². The molecule has 3 heterocycles. The highest BCUT2D eigenvalue weighted by Gasteiger charge is 2.29. The van der Waals surface area contributed by atoms with Gasteiger partial charge in [-0.2, -0.15) is 11.8 Å². The molecule has 3 rings (SSSR count). The minimum atomic E-state index is 0. The van der Waals surface area contributed by atoms with Crippen molar-refractivity contribution in [2.24, 2.45) is 4.99 Å². The summed E-state index contributed by atoms with van der Waals surface area (Å²) in [5, 5.41) is 15.5. The van der Waals surface area contributed by atoms with Gasteiger partial charge in [0, 0.05) is 30.8 Å². The molecule has 0 amide bonds. The summed E-state index contributed by atoms with van der Waals surface area (Å²) < 4.78 is 2.58. The monoisotopic (exact) mass is 464 g/mol. The number of nitrogens with one attached hydrogen (secondary N) is 2. The van der Waals surface area contributed by atoms with Gasteiger partial charge in [0.2, 0.25) is 0 Å². The molecule has 1 aromatic rings. The Kier molecular flexibility index (Phi) is 7.64. The third kappa shape index (κ3) is 5.00. The van der Waals surface area contributed by atoms with Crippen LogP contribution in [0.3, 0.4) is 0 Å². The summed E-state index contributed by atoms with van der Waals surface area (Å²) in [5.74, 6) is 4.26. The van der Waals surface area contributed by atoms with Crippen LogP contribution in [0.2, 0.25) is 0 Å². The molecule has 0 aromatic carbocycles. The Morgan fingerprint density at radius 3 is 2.92 bits per heavy atom. The molecule has 0 spiro atoms. The molecule has 0 radical (unpaired) electrons. The van der Waals surface area contributed by atoms with Gasteiger partial charge in [0.15, 0.2) is 11.8 Å². The van der Waals surface area contributed by atoms with Crippen molar-refractivity contribution in [3.8, 4) is 0 Å². The van der Waals surface area contributed by atoms with Crippen molar-refractivity contribution in [1.29, 1.82) is 0 Å². The van der Waals surface area contributed by atoms with Crippen LogP contribution in [0.1, 0.15) is 51.2 Å². The van der Waals surface area contributed by atoms with Crippen LogP contribution in [-0.4, -0.2) is 44.3 Å². The van der Waals surface area contributed by atoms with Gasteiger partial charge in [-0.1, -0.05) is 0 Å². The van der Waals surface area contributed by atoms with Gasteiger partial charge in [-0.25, -0.2) is 4.99 Å². The van der Waals surface area contributed by atoms with Crippen LogP contribution in [0.4, 0.5) is 0 Å². The van der Waals surface area contributed by atoms with E-state index in [2.05, 4.69) is 51.0 Å². The lowest BCUT2D eigenvalue weighted by Gasteiger charge is -2.24. The lowest BCUT2D eigenvalue weighted by molar-refractivity contribution is 0.508. The molecule has 1 aromatic heterocycles. The first kappa shape index (κ1) is 19.8. The predicted octanol–water partition coefficient (Wildman–Crippen LogP) is 2.57. The maximum Gasteiger partial charge on any atom is 0.191 e. The lowest BCUT2D eigenvalue weighted by atomic mass is 10.1. The zero-order chi connectivity index (χ0) is 16.1. The summed E-state index contributed by atoms with van der Waals surface area (Å²) in [6.07, 6.45) is 6.09. The second-order valence-corrected chi connectivity index (χ2v) is 8.27. The summed E-state index contributed by atoms with van der Waals surface area (Å²) in [6, 6.07) is 0. The zero-order valence-electron chi connectivity index (χ0n) is 14.7. The molecular formula is C16H29IN6S. The molecule has 1 fully saturated rings. The molecule has 6 nitrogen and oxygen atoms in total. The van der Waals surface area contributed by atoms with Crippen LogP contribution in [0.25, 0.3) is 0 Å². The van der Waals surface area contributed by atoms with E-state index in [1.54, 1.807) is 0 Å². The van der Waals surface area contributed by atoms with Crippen molar-refractivity contribution < 1.29 is 0 Å². The summed E-state index contributed by atoms with van der Waals surface area (Å²) in [7, 11) is 0. The van der Waals surface area contributed by atoms with Crippen LogP contribution < -0.4 is 10.6 Å². The van der Waals surface area contributed by atoms with Gasteiger partial charge in [0.05, 0.1) is 0 Å². The Morgan fingerprint density at radius 2 is 2.17 bits per heavy atom. The van der Waals surface area contributed by atoms with Gasteiger partial charge in [0.25, 0.3) is 0 Å². The minimum absolute atomic E-state index is 0. The first-order chi connectivity index (χ1) is 11.2. The van der Waals surface area contributed by atoms with Crippen molar-refractivity contribution in [2.75, 3.05) is 18.8 Å². The van der Waals surface area contributed by atoms with E-state index in [1.165, 1.54) is 31.4 Å². The maximum atomic E-state index is 4.72. The van der Waals surface area contributed by atoms with Gasteiger partial charge >= 0.3 is 0 Å². The van der Waals surface area contributed by atoms with Gasteiger partial charge < -0.3 is 15.2 Å². The highest BCUT2D eigenvalue weighted by molar-refractivity contribution is 14.0. The number of halogens is 1. The standard InChI is InChI=1S/C16H28N6S.HI/c1-3-17-15(19-12-16(2)8-6-10-23-16)18-11-14-21-20-13-7-4-5-9-22(13)14;/h3-12H2,1-2H3,(H2,17,18,19);1H. The van der Waals surface area contributed by atoms with Crippen LogP contribution in [0.5, 0.6) is 0 Å². The number of hydrogen-bond acceptors (Lipinski definition) is 4. The minimum Gasteiger partial charge on any atom is -0.357 e. The molecule has 1 unspecified atom stereocenters. The Hall–Kier alpha value is -0.510. The fourth-order valence-corrected chi connectivity index (χ4v) is 4.47. The van der Waals surface area contributed by atoms with Crippen molar-refractivity contribution >= 4 is 41.7 Å². The molecule has 0 aliphatic carbocycles. The van der Waals surface area contributed by atoms with Crippen LogP contribution in [0.15, 0.2) is 4.99 Å². The quantitative estimate of drug-likeness (QED) is 0.399. The number of aromatic nitrogens is 3. The van der Waals surface area contributed by atoms with Crippen LogP contribution in [0, 0.1) is 0 Å². The molecule has 24 heavy (non-hydrogen) atoms. The van der Waals surface area contributed by atoms with E-state index in [9.17, 15) is 0 Å². The van der Waals surface area contributed by atoms with Crippen molar-refractivity contribution in [2.45, 2.75) is 63.8 Å². The third-order valence-corrected chi connectivity index (χ3v) is 6.13. The third-order valence-electron chi connectivity index (χ3n) is 4.59. The molecular weight excluding hydrogens is 435 g/mol. The molecule has 0 saturated carbocycles. The van der Waals surface area contributed by atoms with Gasteiger partial charge in [-0.3, -0.25) is 0 Å². The Bertz CT molecular complexity index is 553. The molecule has 1 saturated heterocycles. The summed E-state index contributed by atoms with van der Waals surface area (Å²) >= 11 is 2.07. The largest absolute Gasteiger partial charge is 0.357 e. The second kappa shape index (κ2) is 9.26. The summed E-state index contributed by atoms with van der Waals surface area (Å²) in [4.78, 5) is 4.72. The molecule has 2 aliphatic heterocycles. The van der Waals surface area contributed by atoms with E-state index in [0.717, 1.165) is 43.7 Å². The van der Waals surface area contributed by atoms with Gasteiger partial charge in [-0.05, 0) is 45.3 Å². The molecule has 2 aliphatic rings. The number of guanidine groups is 1. The summed E-state index contributed by atoms with van der Waals surface area (Å²) in [6.45, 7) is 7.89. The second-order valence-electron chi connectivity index (χ2n) is 6.59. The molecule has 2 N–H and O–H groups in total. The van der Waals surface area contributed by atoms with Crippen molar-refractivity contribution in [1.82, 2.24) is 25.4 Å². The van der Waals surface area contributed by atoms with Crippen LogP contribution in [-0.2, 0) is 19.5 Å². The fourth-order valence-electron chi connectivity index (χ4n) is 3.22. The highest BCUT2D eigenvalue weighted by Crippen LogP contribution is 2.36. The van der Waals surface area contributed by atoms with E-state index >= 15 is 0 Å². The number of aryl methyl sites for hydroxylation is 1.